The first-order valence-electron chi connectivity index (χ1n) is 14.3. The van der Waals surface area contributed by atoms with Gasteiger partial charge in [0.25, 0.3) is 0 Å². The van der Waals surface area contributed by atoms with Crippen LogP contribution in [0.1, 0.15) is 32.6 Å². The van der Waals surface area contributed by atoms with Crippen LogP contribution in [0.4, 0.5) is 4.39 Å². The third kappa shape index (κ3) is 4.65. The van der Waals surface area contributed by atoms with Crippen LogP contribution < -0.4 is 0 Å². The summed E-state index contributed by atoms with van der Waals surface area (Å²) >= 11 is 0. The number of allylic oxidation sites excluding steroid dienone is 1. The van der Waals surface area contributed by atoms with Crippen molar-refractivity contribution in [2.45, 2.75) is 5.54 Å². The fourth-order valence-corrected chi connectivity index (χ4v) is 6.02. The quantitative estimate of drug-likeness (QED) is 0.103. The second-order valence-electron chi connectivity index (χ2n) is 10.5. The van der Waals surface area contributed by atoms with Crippen molar-refractivity contribution in [2.75, 3.05) is 0 Å². The third-order valence-corrected chi connectivity index (χ3v) is 8.03. The molecule has 0 aliphatic carbocycles. The summed E-state index contributed by atoms with van der Waals surface area (Å²) in [4.78, 5) is 17.9. The zero-order valence-corrected chi connectivity index (χ0v) is 23.7. The number of halogens is 1. The minimum atomic E-state index is -0.759. The molecule has 0 saturated carbocycles. The van der Waals surface area contributed by atoms with Gasteiger partial charge in [0.2, 0.25) is 0 Å². The molecule has 5 heteroatoms. The number of hydrogen-bond acceptors (Lipinski definition) is 3. The molecule has 0 amide bonds. The van der Waals surface area contributed by atoms with Crippen LogP contribution in [-0.2, 0) is 5.54 Å². The van der Waals surface area contributed by atoms with Crippen LogP contribution in [0.5, 0.6) is 0 Å². The average Bonchev–Trinajstić information content (AvgIpc) is 3.75. The fourth-order valence-electron chi connectivity index (χ4n) is 6.02. The normalized spacial score (nSPS) is 11.8. The molecule has 0 atom stereocenters. The SMILES string of the molecule is O=C(C=Cc1ccccc1-c1cncn1C(c1ccccc1)(c1ccccc1)c1ccccc1)c1cc2ccoc2cc1F. The maximum Gasteiger partial charge on any atom is 0.188 e. The van der Waals surface area contributed by atoms with E-state index in [9.17, 15) is 9.18 Å². The molecule has 0 aliphatic rings. The molecule has 0 aliphatic heterocycles. The van der Waals surface area contributed by atoms with Gasteiger partial charge < -0.3 is 8.98 Å². The third-order valence-electron chi connectivity index (χ3n) is 8.03. The summed E-state index contributed by atoms with van der Waals surface area (Å²) in [5, 5.41) is 0.673. The molecular formula is C39H27FN2O2. The highest BCUT2D eigenvalue weighted by Gasteiger charge is 2.39. The molecule has 7 rings (SSSR count). The molecule has 2 aromatic heterocycles. The van der Waals surface area contributed by atoms with E-state index in [0.717, 1.165) is 33.5 Å². The highest BCUT2D eigenvalue weighted by molar-refractivity contribution is 6.09. The highest BCUT2D eigenvalue weighted by Crippen LogP contribution is 2.43. The highest BCUT2D eigenvalue weighted by atomic mass is 19.1. The van der Waals surface area contributed by atoms with E-state index in [-0.39, 0.29) is 5.56 Å². The Morgan fingerprint density at radius 1 is 0.750 bits per heavy atom. The minimum absolute atomic E-state index is 0.00563. The number of aromatic nitrogens is 2. The molecular weight excluding hydrogens is 547 g/mol. The van der Waals surface area contributed by atoms with E-state index >= 15 is 0 Å². The number of carbonyl (C=O) groups excluding carboxylic acids is 1. The number of furan rings is 1. The van der Waals surface area contributed by atoms with Gasteiger partial charge in [-0.3, -0.25) is 4.79 Å². The Kier molecular flexibility index (Phi) is 7.05. The van der Waals surface area contributed by atoms with Gasteiger partial charge in [0.1, 0.15) is 16.9 Å². The van der Waals surface area contributed by atoms with Crippen LogP contribution in [0.15, 0.2) is 163 Å². The van der Waals surface area contributed by atoms with Crippen molar-refractivity contribution in [1.29, 1.82) is 0 Å². The van der Waals surface area contributed by atoms with E-state index in [1.165, 1.54) is 24.5 Å². The van der Waals surface area contributed by atoms with Crippen molar-refractivity contribution < 1.29 is 13.6 Å². The summed E-state index contributed by atoms with van der Waals surface area (Å²) in [6, 6.07) is 43.5. The van der Waals surface area contributed by atoms with E-state index in [4.69, 9.17) is 4.42 Å². The van der Waals surface area contributed by atoms with E-state index < -0.39 is 17.1 Å². The Morgan fingerprint density at radius 3 is 1.98 bits per heavy atom. The van der Waals surface area contributed by atoms with Crippen molar-refractivity contribution in [3.05, 3.63) is 192 Å². The van der Waals surface area contributed by atoms with Crippen molar-refractivity contribution in [2.24, 2.45) is 0 Å². The van der Waals surface area contributed by atoms with Crippen LogP contribution in [0.3, 0.4) is 0 Å². The lowest BCUT2D eigenvalue weighted by atomic mass is 9.76. The second kappa shape index (κ2) is 11.5. The molecule has 2 heterocycles. The van der Waals surface area contributed by atoms with E-state index in [1.54, 1.807) is 12.1 Å². The van der Waals surface area contributed by atoms with E-state index in [2.05, 4.69) is 82.3 Å². The summed E-state index contributed by atoms with van der Waals surface area (Å²) in [7, 11) is 0. The van der Waals surface area contributed by atoms with Gasteiger partial charge in [-0.1, -0.05) is 121 Å². The molecule has 4 nitrogen and oxygen atoms in total. The zero-order valence-electron chi connectivity index (χ0n) is 23.7. The molecule has 7 aromatic rings. The predicted molar refractivity (Wildman–Crippen MR) is 172 cm³/mol. The molecule has 0 saturated heterocycles. The second-order valence-corrected chi connectivity index (χ2v) is 10.5. The first-order valence-corrected chi connectivity index (χ1v) is 14.3. The molecule has 0 unspecified atom stereocenters. The monoisotopic (exact) mass is 574 g/mol. The number of rotatable bonds is 8. The number of hydrogen-bond donors (Lipinski definition) is 0. The van der Waals surface area contributed by atoms with Gasteiger partial charge in [0.15, 0.2) is 5.78 Å². The zero-order chi connectivity index (χ0) is 29.9. The van der Waals surface area contributed by atoms with Crippen molar-refractivity contribution in [1.82, 2.24) is 9.55 Å². The van der Waals surface area contributed by atoms with Crippen LogP contribution in [0.25, 0.3) is 28.3 Å². The Bertz CT molecular complexity index is 2000. The molecule has 0 N–H and O–H groups in total. The number of nitrogens with zero attached hydrogens (tertiary/aromatic N) is 2. The predicted octanol–water partition coefficient (Wildman–Crippen LogP) is 9.17. The maximum absolute atomic E-state index is 14.8. The van der Waals surface area contributed by atoms with Gasteiger partial charge in [0, 0.05) is 17.0 Å². The molecule has 212 valence electrons. The molecule has 0 radical (unpaired) electrons. The van der Waals surface area contributed by atoms with E-state index in [1.807, 2.05) is 55.0 Å². The number of ketones is 1. The molecule has 0 bridgehead atoms. The van der Waals surface area contributed by atoms with Crippen molar-refractivity contribution in [3.8, 4) is 11.3 Å². The van der Waals surface area contributed by atoms with Gasteiger partial charge in [-0.25, -0.2) is 9.37 Å². The molecule has 0 spiro atoms. The van der Waals surface area contributed by atoms with Gasteiger partial charge in [-0.2, -0.15) is 0 Å². The first-order chi connectivity index (χ1) is 21.7. The average molecular weight is 575 g/mol. The van der Waals surface area contributed by atoms with Crippen LogP contribution in [-0.4, -0.2) is 15.3 Å². The van der Waals surface area contributed by atoms with Gasteiger partial charge in [-0.15, -0.1) is 0 Å². The number of fused-ring (bicyclic) bond motifs is 1. The number of imidazole rings is 1. The lowest BCUT2D eigenvalue weighted by Gasteiger charge is -2.38. The minimum Gasteiger partial charge on any atom is -0.464 e. The Morgan fingerprint density at radius 2 is 1.34 bits per heavy atom. The number of carbonyl (C=O) groups is 1. The van der Waals surface area contributed by atoms with Crippen molar-refractivity contribution >= 4 is 22.8 Å². The van der Waals surface area contributed by atoms with Crippen LogP contribution in [0, 0.1) is 5.82 Å². The summed E-state index contributed by atoms with van der Waals surface area (Å²) in [5.41, 5.74) is 5.41. The summed E-state index contributed by atoms with van der Waals surface area (Å²) in [5.74, 6) is -1.05. The van der Waals surface area contributed by atoms with Gasteiger partial charge in [-0.05, 0) is 40.5 Å². The van der Waals surface area contributed by atoms with Gasteiger partial charge in [0.05, 0.1) is 30.0 Å². The Balaban J connectivity index is 1.39. The van der Waals surface area contributed by atoms with Gasteiger partial charge >= 0.3 is 0 Å². The topological polar surface area (TPSA) is 48.0 Å². The molecule has 0 fully saturated rings. The Labute approximate surface area is 254 Å². The lowest BCUT2D eigenvalue weighted by molar-refractivity contribution is 0.104. The summed E-state index contributed by atoms with van der Waals surface area (Å²) in [6.07, 6.45) is 8.36. The van der Waals surface area contributed by atoms with Crippen LogP contribution in [0.2, 0.25) is 0 Å². The largest absolute Gasteiger partial charge is 0.464 e. The smallest absolute Gasteiger partial charge is 0.188 e. The first kappa shape index (κ1) is 27.0. The standard InChI is InChI=1S/C39H27FN2O2/c40-35-25-38-29(22-23-44-38)24-34(35)37(43)21-20-28-12-10-11-19-33(28)36-26-41-27-42(36)39(30-13-4-1-5-14-30,31-15-6-2-7-16-31)32-17-8-3-9-18-32/h1-27H. The fraction of sp³-hybridized carbons (Fsp3) is 0.0256. The van der Waals surface area contributed by atoms with E-state index in [0.29, 0.717) is 11.0 Å². The van der Waals surface area contributed by atoms with Crippen LogP contribution >= 0.6 is 0 Å². The van der Waals surface area contributed by atoms with Crippen molar-refractivity contribution in [3.63, 3.8) is 0 Å². The number of benzene rings is 5. The summed E-state index contributed by atoms with van der Waals surface area (Å²) in [6.45, 7) is 0. The summed E-state index contributed by atoms with van der Waals surface area (Å²) < 4.78 is 22.3. The lowest BCUT2D eigenvalue weighted by Crippen LogP contribution is -2.37. The maximum atomic E-state index is 14.8. The molecule has 5 aromatic carbocycles. The Hall–Kier alpha value is -5.81. The molecule has 44 heavy (non-hydrogen) atoms.